The molecule has 0 aliphatic carbocycles. The van der Waals surface area contributed by atoms with Gasteiger partial charge in [0.2, 0.25) is 5.91 Å². The summed E-state index contributed by atoms with van der Waals surface area (Å²) in [4.78, 5) is 33.6. The number of amides is 3. The van der Waals surface area contributed by atoms with Crippen molar-refractivity contribution < 1.29 is 19.1 Å². The smallest absolute Gasteiger partial charge is 0.309 e. The maximum atomic E-state index is 11.5. The van der Waals surface area contributed by atoms with Gasteiger partial charge in [-0.15, -0.1) is 0 Å². The first-order valence-electron chi connectivity index (χ1n) is 6.96. The van der Waals surface area contributed by atoms with Crippen LogP contribution in [0.4, 0.5) is 0 Å². The molecule has 0 bridgehead atoms. The monoisotopic (exact) mass is 307 g/mol. The van der Waals surface area contributed by atoms with Gasteiger partial charge in [-0.2, -0.15) is 0 Å². The summed E-state index contributed by atoms with van der Waals surface area (Å²) in [6.45, 7) is 2.25. The van der Waals surface area contributed by atoms with Crippen molar-refractivity contribution in [3.05, 3.63) is 29.8 Å². The molecule has 0 heterocycles. The van der Waals surface area contributed by atoms with E-state index in [4.69, 9.17) is 4.74 Å². The van der Waals surface area contributed by atoms with Crippen LogP contribution in [0, 0.1) is 0 Å². The van der Waals surface area contributed by atoms with Crippen molar-refractivity contribution in [1.82, 2.24) is 16.0 Å². The van der Waals surface area contributed by atoms with Gasteiger partial charge in [-0.3, -0.25) is 14.4 Å². The highest BCUT2D eigenvalue weighted by Crippen LogP contribution is 2.11. The van der Waals surface area contributed by atoms with Gasteiger partial charge in [0.25, 0.3) is 0 Å². The van der Waals surface area contributed by atoms with E-state index < -0.39 is 11.8 Å². The molecule has 1 rings (SSSR count). The van der Waals surface area contributed by atoms with E-state index in [0.717, 1.165) is 11.3 Å². The summed E-state index contributed by atoms with van der Waals surface area (Å²) in [5, 5.41) is 7.48. The van der Waals surface area contributed by atoms with Crippen molar-refractivity contribution >= 4 is 17.7 Å². The number of methoxy groups -OCH3 is 1. The minimum Gasteiger partial charge on any atom is -0.497 e. The molecule has 0 aromatic heterocycles. The van der Waals surface area contributed by atoms with Crippen molar-refractivity contribution in [2.45, 2.75) is 13.3 Å². The lowest BCUT2D eigenvalue weighted by atomic mass is 10.1. The van der Waals surface area contributed by atoms with E-state index in [1.807, 2.05) is 24.3 Å². The Balaban J connectivity index is 2.21. The van der Waals surface area contributed by atoms with Gasteiger partial charge in [0.15, 0.2) is 0 Å². The molecule has 0 fully saturated rings. The molecule has 0 atom stereocenters. The fourth-order valence-corrected chi connectivity index (χ4v) is 1.69. The highest BCUT2D eigenvalue weighted by atomic mass is 16.5. The van der Waals surface area contributed by atoms with Gasteiger partial charge in [0, 0.05) is 26.6 Å². The predicted octanol–water partition coefficient (Wildman–Crippen LogP) is -0.394. The molecule has 3 amide bonds. The number of benzene rings is 1. The zero-order valence-corrected chi connectivity index (χ0v) is 12.8. The van der Waals surface area contributed by atoms with Crippen LogP contribution in [-0.4, -0.2) is 44.5 Å². The zero-order chi connectivity index (χ0) is 16.4. The summed E-state index contributed by atoms with van der Waals surface area (Å²) in [7, 11) is 1.60. The van der Waals surface area contributed by atoms with Gasteiger partial charge >= 0.3 is 11.8 Å². The van der Waals surface area contributed by atoms with Crippen molar-refractivity contribution in [2.24, 2.45) is 0 Å². The Morgan fingerprint density at radius 1 is 0.909 bits per heavy atom. The highest BCUT2D eigenvalue weighted by molar-refractivity contribution is 6.35. The third-order valence-electron chi connectivity index (χ3n) is 2.85. The molecule has 0 spiro atoms. The Kier molecular flexibility index (Phi) is 7.45. The first kappa shape index (κ1) is 17.5. The van der Waals surface area contributed by atoms with Gasteiger partial charge in [-0.25, -0.2) is 0 Å². The third kappa shape index (κ3) is 6.74. The van der Waals surface area contributed by atoms with Gasteiger partial charge in [0.1, 0.15) is 5.75 Å². The Morgan fingerprint density at radius 3 is 2.00 bits per heavy atom. The van der Waals surface area contributed by atoms with Crippen LogP contribution in [0.1, 0.15) is 12.5 Å². The first-order valence-corrected chi connectivity index (χ1v) is 6.96. The molecular weight excluding hydrogens is 286 g/mol. The van der Waals surface area contributed by atoms with Crippen LogP contribution in [-0.2, 0) is 20.8 Å². The van der Waals surface area contributed by atoms with Crippen LogP contribution in [0.3, 0.4) is 0 Å². The largest absolute Gasteiger partial charge is 0.497 e. The number of nitrogens with one attached hydrogen (secondary N) is 3. The highest BCUT2D eigenvalue weighted by Gasteiger charge is 2.11. The van der Waals surface area contributed by atoms with Gasteiger partial charge < -0.3 is 20.7 Å². The summed E-state index contributed by atoms with van der Waals surface area (Å²) in [6, 6.07) is 7.48. The number of carbonyl (C=O) groups is 3. The van der Waals surface area contributed by atoms with E-state index in [9.17, 15) is 14.4 Å². The fourth-order valence-electron chi connectivity index (χ4n) is 1.69. The zero-order valence-electron chi connectivity index (χ0n) is 12.8. The van der Waals surface area contributed by atoms with Crippen molar-refractivity contribution in [3.63, 3.8) is 0 Å². The van der Waals surface area contributed by atoms with E-state index in [2.05, 4.69) is 16.0 Å². The molecule has 0 unspecified atom stereocenters. The summed E-state index contributed by atoms with van der Waals surface area (Å²) < 4.78 is 5.06. The molecule has 0 aliphatic rings. The molecule has 3 N–H and O–H groups in total. The van der Waals surface area contributed by atoms with Gasteiger partial charge in [-0.05, 0) is 24.1 Å². The standard InChI is InChI=1S/C15H21N3O4/c1-11(19)16-9-10-18-15(21)14(20)17-8-7-12-3-5-13(22-2)6-4-12/h3-6H,7-10H2,1-2H3,(H,16,19)(H,17,20)(H,18,21). The van der Waals surface area contributed by atoms with Crippen LogP contribution in [0.5, 0.6) is 5.75 Å². The van der Waals surface area contributed by atoms with E-state index in [0.29, 0.717) is 19.5 Å². The predicted molar refractivity (Wildman–Crippen MR) is 81.4 cm³/mol. The summed E-state index contributed by atoms with van der Waals surface area (Å²) in [5.41, 5.74) is 1.03. The van der Waals surface area contributed by atoms with Crippen LogP contribution in [0.25, 0.3) is 0 Å². The fraction of sp³-hybridized carbons (Fsp3) is 0.400. The van der Waals surface area contributed by atoms with E-state index in [1.165, 1.54) is 6.92 Å². The number of rotatable bonds is 7. The van der Waals surface area contributed by atoms with Crippen molar-refractivity contribution in [1.29, 1.82) is 0 Å². The van der Waals surface area contributed by atoms with Crippen molar-refractivity contribution in [2.75, 3.05) is 26.7 Å². The van der Waals surface area contributed by atoms with Crippen LogP contribution < -0.4 is 20.7 Å². The topological polar surface area (TPSA) is 96.5 Å². The quantitative estimate of drug-likeness (QED) is 0.472. The van der Waals surface area contributed by atoms with Crippen LogP contribution in [0.2, 0.25) is 0 Å². The lowest BCUT2D eigenvalue weighted by Crippen LogP contribution is -2.43. The molecule has 7 nitrogen and oxygen atoms in total. The maximum Gasteiger partial charge on any atom is 0.309 e. The Morgan fingerprint density at radius 2 is 1.45 bits per heavy atom. The number of hydrogen-bond donors (Lipinski definition) is 3. The Bertz CT molecular complexity index is 514. The van der Waals surface area contributed by atoms with E-state index >= 15 is 0 Å². The maximum absolute atomic E-state index is 11.5. The van der Waals surface area contributed by atoms with Crippen LogP contribution in [0.15, 0.2) is 24.3 Å². The lowest BCUT2D eigenvalue weighted by molar-refractivity contribution is -0.139. The van der Waals surface area contributed by atoms with E-state index in [-0.39, 0.29) is 12.5 Å². The Hall–Kier alpha value is -2.57. The molecule has 0 radical (unpaired) electrons. The second-order valence-electron chi connectivity index (χ2n) is 4.59. The molecule has 120 valence electrons. The molecule has 0 saturated carbocycles. The normalized spacial score (nSPS) is 9.73. The Labute approximate surface area is 129 Å². The number of ether oxygens (including phenoxy) is 1. The molecule has 0 aliphatic heterocycles. The average Bonchev–Trinajstić information content (AvgIpc) is 2.51. The van der Waals surface area contributed by atoms with Crippen LogP contribution >= 0.6 is 0 Å². The first-order chi connectivity index (χ1) is 10.5. The third-order valence-corrected chi connectivity index (χ3v) is 2.85. The van der Waals surface area contributed by atoms with Crippen molar-refractivity contribution in [3.8, 4) is 5.75 Å². The van der Waals surface area contributed by atoms with Gasteiger partial charge in [-0.1, -0.05) is 12.1 Å². The second-order valence-corrected chi connectivity index (χ2v) is 4.59. The lowest BCUT2D eigenvalue weighted by Gasteiger charge is -2.07. The molecule has 22 heavy (non-hydrogen) atoms. The SMILES string of the molecule is COc1ccc(CCNC(=O)C(=O)NCCNC(C)=O)cc1. The second kappa shape index (κ2) is 9.38. The minimum absolute atomic E-state index is 0.182. The molecule has 7 heteroatoms. The molecular formula is C15H21N3O4. The molecule has 0 saturated heterocycles. The molecule has 1 aromatic rings. The number of carbonyl (C=O) groups excluding carboxylic acids is 3. The minimum atomic E-state index is -0.708. The molecule has 1 aromatic carbocycles. The summed E-state index contributed by atoms with van der Waals surface area (Å²) in [5.74, 6) is -0.805. The summed E-state index contributed by atoms with van der Waals surface area (Å²) >= 11 is 0. The summed E-state index contributed by atoms with van der Waals surface area (Å²) in [6.07, 6.45) is 0.620. The van der Waals surface area contributed by atoms with E-state index in [1.54, 1.807) is 7.11 Å². The van der Waals surface area contributed by atoms with Gasteiger partial charge in [0.05, 0.1) is 7.11 Å². The average molecular weight is 307 g/mol. The number of hydrogen-bond acceptors (Lipinski definition) is 4.